The Morgan fingerprint density at radius 2 is 2.14 bits per heavy atom. The van der Waals surface area contributed by atoms with Gasteiger partial charge < -0.3 is 15.0 Å². The molecule has 0 saturated carbocycles. The maximum atomic E-state index is 12.7. The Morgan fingerprint density at radius 3 is 2.90 bits per heavy atom. The standard InChI is InChI=1S/C13H16N4O3S/c1-20-12-8-10(2-3-11(12)14)21(18,19)17-7-6-16-5-4-15-13(16)9-17/h2-5,8H,6-7,9,14H2,1H3. The van der Waals surface area contributed by atoms with Crippen molar-refractivity contribution >= 4 is 15.7 Å². The van der Waals surface area contributed by atoms with Crippen LogP contribution in [0.5, 0.6) is 5.75 Å². The van der Waals surface area contributed by atoms with Gasteiger partial charge in [0, 0.05) is 31.5 Å². The first-order valence-corrected chi connectivity index (χ1v) is 7.90. The summed E-state index contributed by atoms with van der Waals surface area (Å²) in [7, 11) is -2.13. The zero-order chi connectivity index (χ0) is 15.0. The molecule has 0 fully saturated rings. The number of sulfonamides is 1. The third-order valence-corrected chi connectivity index (χ3v) is 5.39. The van der Waals surface area contributed by atoms with E-state index in [9.17, 15) is 8.42 Å². The molecule has 0 unspecified atom stereocenters. The van der Waals surface area contributed by atoms with E-state index in [4.69, 9.17) is 10.5 Å². The van der Waals surface area contributed by atoms with Crippen LogP contribution in [0.15, 0.2) is 35.5 Å². The second-order valence-corrected chi connectivity index (χ2v) is 6.72. The van der Waals surface area contributed by atoms with Crippen molar-refractivity contribution in [3.05, 3.63) is 36.4 Å². The first-order valence-electron chi connectivity index (χ1n) is 6.46. The Morgan fingerprint density at radius 1 is 1.33 bits per heavy atom. The highest BCUT2D eigenvalue weighted by molar-refractivity contribution is 7.89. The molecule has 0 bridgehead atoms. The van der Waals surface area contributed by atoms with Gasteiger partial charge in [-0.2, -0.15) is 4.31 Å². The van der Waals surface area contributed by atoms with Crippen LogP contribution in [0, 0.1) is 0 Å². The largest absolute Gasteiger partial charge is 0.495 e. The van der Waals surface area contributed by atoms with Gasteiger partial charge in [0.05, 0.1) is 24.2 Å². The van der Waals surface area contributed by atoms with Crippen LogP contribution in [0.3, 0.4) is 0 Å². The van der Waals surface area contributed by atoms with E-state index in [-0.39, 0.29) is 11.4 Å². The van der Waals surface area contributed by atoms with Crippen LogP contribution in [-0.2, 0) is 23.1 Å². The number of fused-ring (bicyclic) bond motifs is 1. The number of nitrogen functional groups attached to an aromatic ring is 1. The molecular formula is C13H16N4O3S. The Balaban J connectivity index is 1.94. The summed E-state index contributed by atoms with van der Waals surface area (Å²) in [6.45, 7) is 1.28. The van der Waals surface area contributed by atoms with E-state index < -0.39 is 10.0 Å². The molecule has 1 aliphatic rings. The first-order chi connectivity index (χ1) is 10.0. The Kier molecular flexibility index (Phi) is 3.34. The van der Waals surface area contributed by atoms with E-state index in [2.05, 4.69) is 4.98 Å². The molecule has 3 rings (SSSR count). The van der Waals surface area contributed by atoms with Gasteiger partial charge >= 0.3 is 0 Å². The lowest BCUT2D eigenvalue weighted by molar-refractivity contribution is 0.335. The van der Waals surface area contributed by atoms with E-state index >= 15 is 0 Å². The zero-order valence-corrected chi connectivity index (χ0v) is 12.4. The number of hydrogen-bond donors (Lipinski definition) is 1. The zero-order valence-electron chi connectivity index (χ0n) is 11.6. The number of rotatable bonds is 3. The smallest absolute Gasteiger partial charge is 0.243 e. The topological polar surface area (TPSA) is 90.5 Å². The molecule has 112 valence electrons. The van der Waals surface area contributed by atoms with Crippen molar-refractivity contribution in [2.24, 2.45) is 0 Å². The van der Waals surface area contributed by atoms with E-state index in [0.29, 0.717) is 24.5 Å². The summed E-state index contributed by atoms with van der Waals surface area (Å²) < 4.78 is 33.8. The molecule has 0 saturated heterocycles. The van der Waals surface area contributed by atoms with Gasteiger partial charge in [-0.05, 0) is 12.1 Å². The highest BCUT2D eigenvalue weighted by atomic mass is 32.2. The minimum Gasteiger partial charge on any atom is -0.495 e. The van der Waals surface area contributed by atoms with Crippen molar-refractivity contribution in [3.63, 3.8) is 0 Å². The Labute approximate surface area is 123 Å². The minimum atomic E-state index is -3.59. The summed E-state index contributed by atoms with van der Waals surface area (Å²) in [4.78, 5) is 4.35. The number of benzene rings is 1. The van der Waals surface area contributed by atoms with Gasteiger partial charge in [0.15, 0.2) is 0 Å². The van der Waals surface area contributed by atoms with Gasteiger partial charge in [-0.3, -0.25) is 0 Å². The van der Waals surface area contributed by atoms with Crippen LogP contribution in [0.1, 0.15) is 5.82 Å². The second kappa shape index (κ2) is 5.05. The summed E-state index contributed by atoms with van der Waals surface area (Å²) in [5.74, 6) is 1.10. The van der Waals surface area contributed by atoms with Gasteiger partial charge in [0.1, 0.15) is 11.6 Å². The normalized spacial score (nSPS) is 15.7. The highest BCUT2D eigenvalue weighted by Gasteiger charge is 2.29. The van der Waals surface area contributed by atoms with E-state index in [0.717, 1.165) is 5.82 Å². The van der Waals surface area contributed by atoms with Crippen LogP contribution >= 0.6 is 0 Å². The molecule has 0 aliphatic carbocycles. The summed E-state index contributed by atoms with van der Waals surface area (Å²) in [5.41, 5.74) is 6.13. The Hall–Kier alpha value is -2.06. The molecule has 2 heterocycles. The van der Waals surface area contributed by atoms with Crippen molar-refractivity contribution < 1.29 is 13.2 Å². The molecule has 0 amide bonds. The molecule has 7 nitrogen and oxygen atoms in total. The fraction of sp³-hybridized carbons (Fsp3) is 0.308. The Bertz CT molecular complexity index is 769. The van der Waals surface area contributed by atoms with Gasteiger partial charge in [-0.1, -0.05) is 0 Å². The monoisotopic (exact) mass is 308 g/mol. The number of aromatic nitrogens is 2. The predicted octanol–water partition coefficient (Wildman–Crippen LogP) is 0.678. The molecule has 0 spiro atoms. The molecule has 2 N–H and O–H groups in total. The minimum absolute atomic E-state index is 0.175. The molecule has 1 aliphatic heterocycles. The number of hydrogen-bond acceptors (Lipinski definition) is 5. The van der Waals surface area contributed by atoms with Crippen LogP contribution in [0.2, 0.25) is 0 Å². The van der Waals surface area contributed by atoms with Gasteiger partial charge in [0.25, 0.3) is 0 Å². The fourth-order valence-electron chi connectivity index (χ4n) is 2.36. The van der Waals surface area contributed by atoms with Crippen LogP contribution in [-0.4, -0.2) is 35.9 Å². The third-order valence-electron chi connectivity index (χ3n) is 3.55. The van der Waals surface area contributed by atoms with Crippen LogP contribution in [0.25, 0.3) is 0 Å². The van der Waals surface area contributed by atoms with Gasteiger partial charge in [-0.15, -0.1) is 0 Å². The molecule has 2 aromatic rings. The molecular weight excluding hydrogens is 292 g/mol. The highest BCUT2D eigenvalue weighted by Crippen LogP contribution is 2.28. The number of imidazole rings is 1. The summed E-state index contributed by atoms with van der Waals surface area (Å²) in [6, 6.07) is 4.48. The average Bonchev–Trinajstić information content (AvgIpc) is 2.94. The molecule has 1 aromatic carbocycles. The number of nitrogens with two attached hydrogens (primary N) is 1. The lowest BCUT2D eigenvalue weighted by Gasteiger charge is -2.27. The van der Waals surface area contributed by atoms with E-state index in [1.54, 1.807) is 6.20 Å². The quantitative estimate of drug-likeness (QED) is 0.842. The number of ether oxygens (including phenoxy) is 1. The molecule has 0 radical (unpaired) electrons. The number of methoxy groups -OCH3 is 1. The van der Waals surface area contributed by atoms with Crippen molar-refractivity contribution in [1.82, 2.24) is 13.9 Å². The first kappa shape index (κ1) is 13.9. The van der Waals surface area contributed by atoms with Crippen molar-refractivity contribution in [2.45, 2.75) is 18.0 Å². The van der Waals surface area contributed by atoms with E-state index in [1.807, 2.05) is 10.8 Å². The van der Waals surface area contributed by atoms with Crippen molar-refractivity contribution in [3.8, 4) is 5.75 Å². The lowest BCUT2D eigenvalue weighted by Crippen LogP contribution is -2.38. The van der Waals surface area contributed by atoms with Crippen LogP contribution < -0.4 is 10.5 Å². The molecule has 1 aromatic heterocycles. The fourth-order valence-corrected chi connectivity index (χ4v) is 3.76. The molecule has 0 atom stereocenters. The van der Waals surface area contributed by atoms with Gasteiger partial charge in [0.2, 0.25) is 10.0 Å². The lowest BCUT2D eigenvalue weighted by atomic mass is 10.3. The average molecular weight is 308 g/mol. The van der Waals surface area contributed by atoms with Crippen molar-refractivity contribution in [1.29, 1.82) is 0 Å². The van der Waals surface area contributed by atoms with Crippen LogP contribution in [0.4, 0.5) is 5.69 Å². The van der Waals surface area contributed by atoms with Gasteiger partial charge in [-0.25, -0.2) is 13.4 Å². The number of anilines is 1. The summed E-state index contributed by atoms with van der Waals surface area (Å²) in [5, 5.41) is 0. The summed E-state index contributed by atoms with van der Waals surface area (Å²) in [6.07, 6.45) is 3.53. The number of nitrogens with zero attached hydrogens (tertiary/aromatic N) is 3. The van der Waals surface area contributed by atoms with E-state index in [1.165, 1.54) is 29.6 Å². The van der Waals surface area contributed by atoms with Crippen molar-refractivity contribution in [2.75, 3.05) is 19.4 Å². The summed E-state index contributed by atoms with van der Waals surface area (Å²) >= 11 is 0. The third kappa shape index (κ3) is 2.36. The predicted molar refractivity (Wildman–Crippen MR) is 77.2 cm³/mol. The SMILES string of the molecule is COc1cc(S(=O)(=O)N2CCn3ccnc3C2)ccc1N. The maximum absolute atomic E-state index is 12.7. The maximum Gasteiger partial charge on any atom is 0.243 e. The molecule has 21 heavy (non-hydrogen) atoms. The molecule has 8 heteroatoms. The second-order valence-electron chi connectivity index (χ2n) is 4.78.